The Morgan fingerprint density at radius 2 is 2.29 bits per heavy atom. The fourth-order valence-corrected chi connectivity index (χ4v) is 1.28. The molecule has 0 N–H and O–H groups in total. The largest absolute Gasteiger partial charge is 0.290 e. The zero-order chi connectivity index (χ0) is 12.4. The van der Waals surface area contributed by atoms with Crippen LogP contribution in [-0.4, -0.2) is 24.7 Å². The molecule has 0 atom stereocenters. The molecule has 0 unspecified atom stereocenters. The third-order valence-electron chi connectivity index (χ3n) is 2.09. The fourth-order valence-electron chi connectivity index (χ4n) is 1.28. The van der Waals surface area contributed by atoms with E-state index in [9.17, 15) is 10.1 Å². The third kappa shape index (κ3) is 1.93. The number of rotatable bonds is 2. The standard InChI is InChI=1S/C9H6N6O2/c1-6-2-9(11-4-7(6)15(16)17)14-5-12-8(3-10)13-14/h2,4-5H,1H3. The average molecular weight is 230 g/mol. The highest BCUT2D eigenvalue weighted by atomic mass is 16.6. The predicted octanol–water partition coefficient (Wildman–Crippen LogP) is 0.751. The lowest BCUT2D eigenvalue weighted by atomic mass is 10.2. The number of pyridine rings is 1. The van der Waals surface area contributed by atoms with E-state index in [1.165, 1.54) is 17.1 Å². The van der Waals surface area contributed by atoms with Crippen molar-refractivity contribution in [2.24, 2.45) is 0 Å². The SMILES string of the molecule is Cc1cc(-n2cnc(C#N)n2)ncc1[N+](=O)[O-]. The van der Waals surface area contributed by atoms with Crippen LogP contribution in [0.2, 0.25) is 0 Å². The molecule has 0 aliphatic heterocycles. The molecule has 0 bridgehead atoms. The molecular formula is C9H6N6O2. The summed E-state index contributed by atoms with van der Waals surface area (Å²) in [5.74, 6) is 0.393. The molecule has 0 saturated carbocycles. The van der Waals surface area contributed by atoms with Crippen LogP contribution in [-0.2, 0) is 0 Å². The minimum absolute atomic E-state index is 0.0165. The maximum absolute atomic E-state index is 10.6. The quantitative estimate of drug-likeness (QED) is 0.556. The Hall–Kier alpha value is -2.82. The zero-order valence-electron chi connectivity index (χ0n) is 8.73. The van der Waals surface area contributed by atoms with Crippen LogP contribution in [0.15, 0.2) is 18.6 Å². The molecule has 2 aromatic rings. The van der Waals surface area contributed by atoms with Gasteiger partial charge in [-0.15, -0.1) is 5.10 Å². The molecule has 0 aromatic carbocycles. The molecule has 2 rings (SSSR count). The molecule has 0 saturated heterocycles. The van der Waals surface area contributed by atoms with Gasteiger partial charge in [-0.05, 0) is 13.0 Å². The molecule has 17 heavy (non-hydrogen) atoms. The minimum atomic E-state index is -0.506. The Kier molecular flexibility index (Phi) is 2.50. The van der Waals surface area contributed by atoms with E-state index in [0.717, 1.165) is 6.20 Å². The number of nitriles is 1. The van der Waals surface area contributed by atoms with E-state index in [1.54, 1.807) is 13.0 Å². The molecule has 2 aromatic heterocycles. The highest BCUT2D eigenvalue weighted by Crippen LogP contribution is 2.17. The van der Waals surface area contributed by atoms with E-state index in [0.29, 0.717) is 11.4 Å². The molecule has 8 heteroatoms. The molecule has 2 heterocycles. The fraction of sp³-hybridized carbons (Fsp3) is 0.111. The van der Waals surface area contributed by atoms with Crippen molar-refractivity contribution in [3.05, 3.63) is 40.1 Å². The summed E-state index contributed by atoms with van der Waals surface area (Å²) >= 11 is 0. The van der Waals surface area contributed by atoms with Crippen molar-refractivity contribution < 1.29 is 4.92 Å². The Morgan fingerprint density at radius 3 is 2.82 bits per heavy atom. The van der Waals surface area contributed by atoms with Gasteiger partial charge in [0.2, 0.25) is 0 Å². The summed E-state index contributed by atoms with van der Waals surface area (Å²) in [5.41, 5.74) is 0.406. The van der Waals surface area contributed by atoms with Crippen molar-refractivity contribution in [3.63, 3.8) is 0 Å². The molecule has 0 amide bonds. The molecule has 84 valence electrons. The Labute approximate surface area is 95.3 Å². The number of hydrogen-bond acceptors (Lipinski definition) is 6. The Balaban J connectivity index is 2.45. The van der Waals surface area contributed by atoms with Gasteiger partial charge < -0.3 is 0 Å². The van der Waals surface area contributed by atoms with E-state index in [2.05, 4.69) is 15.1 Å². The molecular weight excluding hydrogens is 224 g/mol. The van der Waals surface area contributed by atoms with Gasteiger partial charge in [0.15, 0.2) is 5.82 Å². The number of aryl methyl sites for hydroxylation is 1. The highest BCUT2D eigenvalue weighted by Gasteiger charge is 2.12. The van der Waals surface area contributed by atoms with Gasteiger partial charge in [-0.25, -0.2) is 14.6 Å². The first-order valence-electron chi connectivity index (χ1n) is 4.55. The van der Waals surface area contributed by atoms with E-state index in [4.69, 9.17) is 5.26 Å². The van der Waals surface area contributed by atoms with Gasteiger partial charge in [-0.2, -0.15) is 5.26 Å². The third-order valence-corrected chi connectivity index (χ3v) is 2.09. The van der Waals surface area contributed by atoms with Crippen LogP contribution in [0.1, 0.15) is 11.4 Å². The summed E-state index contributed by atoms with van der Waals surface area (Å²) in [7, 11) is 0. The van der Waals surface area contributed by atoms with Crippen molar-refractivity contribution in [2.45, 2.75) is 6.92 Å². The number of hydrogen-bond donors (Lipinski definition) is 0. The first-order chi connectivity index (χ1) is 8.11. The monoisotopic (exact) mass is 230 g/mol. The van der Waals surface area contributed by atoms with Crippen LogP contribution in [0.4, 0.5) is 5.69 Å². The lowest BCUT2D eigenvalue weighted by Crippen LogP contribution is -2.01. The van der Waals surface area contributed by atoms with Gasteiger partial charge in [-0.1, -0.05) is 0 Å². The molecule has 0 fully saturated rings. The Bertz CT molecular complexity index is 627. The lowest BCUT2D eigenvalue weighted by molar-refractivity contribution is -0.385. The second-order valence-electron chi connectivity index (χ2n) is 3.21. The van der Waals surface area contributed by atoms with E-state index < -0.39 is 4.92 Å². The molecule has 0 radical (unpaired) electrons. The summed E-state index contributed by atoms with van der Waals surface area (Å²) in [4.78, 5) is 17.7. The summed E-state index contributed by atoms with van der Waals surface area (Å²) in [5, 5.41) is 23.0. The lowest BCUT2D eigenvalue weighted by Gasteiger charge is -2.00. The van der Waals surface area contributed by atoms with Crippen molar-refractivity contribution in [2.75, 3.05) is 0 Å². The van der Waals surface area contributed by atoms with Crippen LogP contribution in [0.25, 0.3) is 5.82 Å². The van der Waals surface area contributed by atoms with Crippen LogP contribution in [0, 0.1) is 28.4 Å². The second kappa shape index (κ2) is 3.97. The van der Waals surface area contributed by atoms with Crippen molar-refractivity contribution in [3.8, 4) is 11.9 Å². The topological polar surface area (TPSA) is 111 Å². The maximum atomic E-state index is 10.6. The molecule has 0 spiro atoms. The normalized spacial score (nSPS) is 9.88. The summed E-state index contributed by atoms with van der Waals surface area (Å²) in [6, 6.07) is 3.29. The van der Waals surface area contributed by atoms with Gasteiger partial charge in [0.05, 0.1) is 4.92 Å². The van der Waals surface area contributed by atoms with Gasteiger partial charge in [0, 0.05) is 5.56 Å². The van der Waals surface area contributed by atoms with Gasteiger partial charge in [0.1, 0.15) is 18.6 Å². The maximum Gasteiger partial charge on any atom is 0.290 e. The summed E-state index contributed by atoms with van der Waals surface area (Å²) in [6.07, 6.45) is 2.48. The van der Waals surface area contributed by atoms with Crippen molar-refractivity contribution in [1.29, 1.82) is 5.26 Å². The molecule has 8 nitrogen and oxygen atoms in total. The van der Waals surface area contributed by atoms with Crippen LogP contribution in [0.3, 0.4) is 0 Å². The first kappa shape index (κ1) is 10.7. The predicted molar refractivity (Wildman–Crippen MR) is 55.3 cm³/mol. The van der Waals surface area contributed by atoms with Crippen LogP contribution < -0.4 is 0 Å². The number of nitro groups is 1. The molecule has 0 aliphatic rings. The second-order valence-corrected chi connectivity index (χ2v) is 3.21. The van der Waals surface area contributed by atoms with Gasteiger partial charge in [-0.3, -0.25) is 10.1 Å². The summed E-state index contributed by atoms with van der Waals surface area (Å²) in [6.45, 7) is 1.60. The van der Waals surface area contributed by atoms with Gasteiger partial charge in [0.25, 0.3) is 11.5 Å². The van der Waals surface area contributed by atoms with Crippen LogP contribution in [0.5, 0.6) is 0 Å². The first-order valence-corrected chi connectivity index (χ1v) is 4.55. The average Bonchev–Trinajstić information content (AvgIpc) is 2.76. The minimum Gasteiger partial charge on any atom is -0.258 e. The number of nitrogens with zero attached hydrogens (tertiary/aromatic N) is 6. The molecule has 0 aliphatic carbocycles. The number of aromatic nitrogens is 4. The van der Waals surface area contributed by atoms with Crippen molar-refractivity contribution >= 4 is 5.69 Å². The summed E-state index contributed by atoms with van der Waals surface area (Å²) < 4.78 is 1.29. The zero-order valence-corrected chi connectivity index (χ0v) is 8.73. The van der Waals surface area contributed by atoms with Crippen LogP contribution >= 0.6 is 0 Å². The van der Waals surface area contributed by atoms with E-state index in [-0.39, 0.29) is 11.5 Å². The smallest absolute Gasteiger partial charge is 0.258 e. The van der Waals surface area contributed by atoms with E-state index >= 15 is 0 Å². The van der Waals surface area contributed by atoms with Crippen molar-refractivity contribution in [1.82, 2.24) is 19.7 Å². The highest BCUT2D eigenvalue weighted by molar-refractivity contribution is 5.41. The van der Waals surface area contributed by atoms with Gasteiger partial charge >= 0.3 is 0 Å². The van der Waals surface area contributed by atoms with E-state index in [1.807, 2.05) is 0 Å². The Morgan fingerprint density at radius 1 is 1.53 bits per heavy atom.